The van der Waals surface area contributed by atoms with Crippen molar-refractivity contribution >= 4 is 34.7 Å². The number of aliphatic hydroxyl groups excluding tert-OH is 1. The molecule has 31 heavy (non-hydrogen) atoms. The molecule has 0 saturated heterocycles. The molecule has 1 aliphatic carbocycles. The van der Waals surface area contributed by atoms with Gasteiger partial charge in [-0.3, -0.25) is 0 Å². The first-order valence-electron chi connectivity index (χ1n) is 10.2. The molecule has 2 aromatic rings. The molecule has 0 aliphatic heterocycles. The molecule has 9 nitrogen and oxygen atoms in total. The topological polar surface area (TPSA) is 115 Å². The molecule has 0 unspecified atom stereocenters. The molecule has 2 N–H and O–H groups in total. The molecular weight excluding hydrogens is 437 g/mol. The number of esters is 1. The van der Waals surface area contributed by atoms with Gasteiger partial charge in [0.2, 0.25) is 0 Å². The molecule has 1 saturated carbocycles. The van der Waals surface area contributed by atoms with Crippen molar-refractivity contribution in [3.05, 3.63) is 0 Å². The van der Waals surface area contributed by atoms with Crippen LogP contribution in [0.15, 0.2) is 5.16 Å². The highest BCUT2D eigenvalue weighted by Crippen LogP contribution is 2.36. The second-order valence-electron chi connectivity index (χ2n) is 7.27. The average molecular weight is 462 g/mol. The molecule has 0 aromatic carbocycles. The van der Waals surface area contributed by atoms with Gasteiger partial charge in [0.15, 0.2) is 28.2 Å². The minimum Gasteiger partial charge on any atom is -0.451 e. The van der Waals surface area contributed by atoms with Gasteiger partial charge in [-0.15, -0.1) is 5.10 Å². The lowest BCUT2D eigenvalue weighted by Crippen LogP contribution is -2.38. The summed E-state index contributed by atoms with van der Waals surface area (Å²) in [5.41, 5.74) is 0.694. The normalized spacial score (nSPS) is 21.5. The van der Waals surface area contributed by atoms with Gasteiger partial charge in [-0.05, 0) is 25.7 Å². The number of nitrogens with zero attached hydrogens (tertiary/aromatic N) is 5. The van der Waals surface area contributed by atoms with Gasteiger partial charge >= 0.3 is 12.1 Å². The predicted molar refractivity (Wildman–Crippen MR) is 108 cm³/mol. The zero-order valence-electron chi connectivity index (χ0n) is 17.2. The monoisotopic (exact) mass is 462 g/mol. The fourth-order valence-electron chi connectivity index (χ4n) is 3.33. The summed E-state index contributed by atoms with van der Waals surface area (Å²) in [6, 6.07) is -0.825. The van der Waals surface area contributed by atoms with E-state index in [1.54, 1.807) is 0 Å². The molecule has 13 heteroatoms. The number of ether oxygens (including phenoxy) is 1. The van der Waals surface area contributed by atoms with Crippen molar-refractivity contribution in [1.82, 2.24) is 25.0 Å². The number of unbranched alkanes of at least 4 members (excludes halogenated alkanes) is 1. The quantitative estimate of drug-likeness (QED) is 0.251. The third-order valence-corrected chi connectivity index (χ3v) is 5.92. The maximum absolute atomic E-state index is 12.7. The maximum atomic E-state index is 12.7. The summed E-state index contributed by atoms with van der Waals surface area (Å²) in [6.45, 7) is 4.75. The first kappa shape index (κ1) is 23.5. The van der Waals surface area contributed by atoms with Gasteiger partial charge in [-0.2, -0.15) is 13.2 Å². The number of thioether (sulfide) groups is 1. The van der Waals surface area contributed by atoms with Crippen LogP contribution in [0, 0.1) is 0 Å². The van der Waals surface area contributed by atoms with E-state index in [4.69, 9.17) is 0 Å². The SMILES string of the molecule is CCCCNc1nc(SCCC)nc2c1nnn2[C@@H]1CC[C@@H](O)[C@H]1OC(=O)C(F)(F)F. The van der Waals surface area contributed by atoms with Crippen molar-refractivity contribution in [3.8, 4) is 0 Å². The second kappa shape index (κ2) is 9.98. The number of fused-ring (bicyclic) bond motifs is 1. The van der Waals surface area contributed by atoms with E-state index in [0.29, 0.717) is 28.7 Å². The zero-order chi connectivity index (χ0) is 22.6. The minimum atomic E-state index is -5.15. The van der Waals surface area contributed by atoms with Crippen LogP contribution >= 0.6 is 11.8 Å². The van der Waals surface area contributed by atoms with Crippen LogP contribution in [-0.2, 0) is 9.53 Å². The van der Waals surface area contributed by atoms with Crippen molar-refractivity contribution in [1.29, 1.82) is 0 Å². The Bertz CT molecular complexity index is 910. The Morgan fingerprint density at radius 2 is 2.06 bits per heavy atom. The summed E-state index contributed by atoms with van der Waals surface area (Å²) < 4.78 is 44.1. The smallest absolute Gasteiger partial charge is 0.451 e. The number of alkyl halides is 3. The van der Waals surface area contributed by atoms with Gasteiger partial charge in [0, 0.05) is 12.3 Å². The van der Waals surface area contributed by atoms with Gasteiger partial charge in [-0.25, -0.2) is 19.4 Å². The van der Waals surface area contributed by atoms with E-state index in [-0.39, 0.29) is 12.8 Å². The zero-order valence-corrected chi connectivity index (χ0v) is 18.0. The minimum absolute atomic E-state index is 0.159. The molecule has 172 valence electrons. The first-order chi connectivity index (χ1) is 14.8. The number of rotatable bonds is 9. The largest absolute Gasteiger partial charge is 0.490 e. The Hall–Kier alpha value is -2.15. The van der Waals surface area contributed by atoms with E-state index >= 15 is 0 Å². The van der Waals surface area contributed by atoms with Crippen molar-refractivity contribution in [2.45, 2.75) is 75.5 Å². The van der Waals surface area contributed by atoms with Gasteiger partial charge in [0.25, 0.3) is 0 Å². The number of aliphatic hydroxyl groups is 1. The Morgan fingerprint density at radius 3 is 2.74 bits per heavy atom. The number of hydrogen-bond donors (Lipinski definition) is 2. The van der Waals surface area contributed by atoms with Crippen LogP contribution < -0.4 is 5.32 Å². The highest BCUT2D eigenvalue weighted by Gasteiger charge is 2.47. The molecule has 3 rings (SSSR count). The number of nitrogens with one attached hydrogen (secondary N) is 1. The van der Waals surface area contributed by atoms with E-state index in [9.17, 15) is 23.1 Å². The number of hydrogen-bond acceptors (Lipinski definition) is 9. The summed E-state index contributed by atoms with van der Waals surface area (Å²) in [5.74, 6) is -1.07. The van der Waals surface area contributed by atoms with E-state index in [2.05, 4.69) is 37.3 Å². The molecular formula is C18H25F3N6O3S. The standard InChI is InChI=1S/C18H25F3N6O3S/c1-3-5-8-22-14-12-15(24-17(23-14)31-9-4-2)27(26-25-12)10-6-7-11(28)13(10)30-16(29)18(19,20)21/h10-11,13,28H,3-9H2,1-2H3,(H,22,23,24)/t10-,11-,13+/m1/s1. The Balaban J connectivity index is 1.96. The van der Waals surface area contributed by atoms with Crippen molar-refractivity contribution < 1.29 is 27.8 Å². The number of aromatic nitrogens is 5. The number of anilines is 1. The van der Waals surface area contributed by atoms with Crippen LogP contribution in [0.4, 0.5) is 19.0 Å². The molecule has 2 aromatic heterocycles. The summed E-state index contributed by atoms with van der Waals surface area (Å²) >= 11 is 1.44. The summed E-state index contributed by atoms with van der Waals surface area (Å²) in [6.07, 6.45) is -4.57. The molecule has 2 heterocycles. The van der Waals surface area contributed by atoms with Gasteiger partial charge < -0.3 is 15.2 Å². The molecule has 1 aliphatic rings. The van der Waals surface area contributed by atoms with Crippen LogP contribution in [0.1, 0.15) is 52.0 Å². The van der Waals surface area contributed by atoms with E-state index < -0.39 is 30.4 Å². The van der Waals surface area contributed by atoms with Gasteiger partial charge in [-0.1, -0.05) is 37.2 Å². The molecule has 0 spiro atoms. The second-order valence-corrected chi connectivity index (χ2v) is 8.33. The predicted octanol–water partition coefficient (Wildman–Crippen LogP) is 3.11. The lowest BCUT2D eigenvalue weighted by Gasteiger charge is -2.23. The van der Waals surface area contributed by atoms with Crippen LogP contribution in [0.3, 0.4) is 0 Å². The van der Waals surface area contributed by atoms with Crippen molar-refractivity contribution in [3.63, 3.8) is 0 Å². The third kappa shape index (κ3) is 5.37. The van der Waals surface area contributed by atoms with Crippen LogP contribution in [-0.4, -0.2) is 66.7 Å². The molecule has 1 fully saturated rings. The summed E-state index contributed by atoms with van der Waals surface area (Å²) in [5, 5.41) is 22.1. The average Bonchev–Trinajstić information content (AvgIpc) is 3.29. The number of carbonyl (C=O) groups is 1. The van der Waals surface area contributed by atoms with Crippen LogP contribution in [0.25, 0.3) is 11.2 Å². The Labute approximate surface area is 181 Å². The highest BCUT2D eigenvalue weighted by atomic mass is 32.2. The molecule has 3 atom stereocenters. The number of halogens is 3. The van der Waals surface area contributed by atoms with E-state index in [0.717, 1.165) is 25.0 Å². The van der Waals surface area contributed by atoms with Crippen molar-refractivity contribution in [2.24, 2.45) is 0 Å². The van der Waals surface area contributed by atoms with Gasteiger partial charge in [0.1, 0.15) is 0 Å². The maximum Gasteiger partial charge on any atom is 0.490 e. The fourth-order valence-corrected chi connectivity index (χ4v) is 4.03. The van der Waals surface area contributed by atoms with Gasteiger partial charge in [0.05, 0.1) is 12.1 Å². The van der Waals surface area contributed by atoms with E-state index in [1.165, 1.54) is 16.4 Å². The number of carbonyl (C=O) groups excluding carboxylic acids is 1. The molecule has 0 bridgehead atoms. The molecule has 0 amide bonds. The molecule has 0 radical (unpaired) electrons. The lowest BCUT2D eigenvalue weighted by molar-refractivity contribution is -0.209. The Morgan fingerprint density at radius 1 is 1.29 bits per heavy atom. The Kier molecular flexibility index (Phi) is 7.57. The third-order valence-electron chi connectivity index (χ3n) is 4.87. The van der Waals surface area contributed by atoms with Crippen molar-refractivity contribution in [2.75, 3.05) is 17.6 Å². The highest BCUT2D eigenvalue weighted by molar-refractivity contribution is 7.99. The lowest BCUT2D eigenvalue weighted by atomic mass is 10.2. The van der Waals surface area contributed by atoms with E-state index in [1.807, 2.05) is 6.92 Å². The fraction of sp³-hybridized carbons (Fsp3) is 0.722. The van der Waals surface area contributed by atoms with Crippen LogP contribution in [0.2, 0.25) is 0 Å². The first-order valence-corrected chi connectivity index (χ1v) is 11.2. The van der Waals surface area contributed by atoms with Crippen LogP contribution in [0.5, 0.6) is 0 Å². The summed E-state index contributed by atoms with van der Waals surface area (Å²) in [4.78, 5) is 20.4. The summed E-state index contributed by atoms with van der Waals surface area (Å²) in [7, 11) is 0.